The fourth-order valence-electron chi connectivity index (χ4n) is 3.44. The van der Waals surface area contributed by atoms with E-state index in [1.807, 2.05) is 0 Å². The van der Waals surface area contributed by atoms with Crippen molar-refractivity contribution >= 4 is 0 Å². The van der Waals surface area contributed by atoms with Gasteiger partial charge in [0.1, 0.15) is 0 Å². The molecule has 0 bridgehead atoms. The van der Waals surface area contributed by atoms with Crippen molar-refractivity contribution in [2.75, 3.05) is 13.1 Å². The van der Waals surface area contributed by atoms with Gasteiger partial charge in [-0.15, -0.1) is 0 Å². The molecule has 0 spiro atoms. The lowest BCUT2D eigenvalue weighted by Crippen LogP contribution is -2.31. The molecule has 1 nitrogen and oxygen atoms in total. The lowest BCUT2D eigenvalue weighted by Gasteiger charge is -2.31. The maximum atomic E-state index is 3.48. The molecule has 0 unspecified atom stereocenters. The first kappa shape index (κ1) is 13.4. The molecule has 0 saturated carbocycles. The molecule has 1 N–H and O–H groups in total. The molecule has 3 rings (SSSR count). The third-order valence-corrected chi connectivity index (χ3v) is 4.42. The molecule has 0 aliphatic carbocycles. The van der Waals surface area contributed by atoms with E-state index in [-0.39, 0.29) is 0 Å². The van der Waals surface area contributed by atoms with E-state index >= 15 is 0 Å². The minimum atomic E-state index is 0.540. The van der Waals surface area contributed by atoms with Gasteiger partial charge in [-0.2, -0.15) is 0 Å². The topological polar surface area (TPSA) is 12.0 Å². The van der Waals surface area contributed by atoms with Gasteiger partial charge in [0, 0.05) is 5.92 Å². The molecule has 20 heavy (non-hydrogen) atoms. The quantitative estimate of drug-likeness (QED) is 0.880. The lowest BCUT2D eigenvalue weighted by molar-refractivity contribution is 0.342. The zero-order valence-electron chi connectivity index (χ0n) is 12.2. The Hall–Kier alpha value is -1.60. The summed E-state index contributed by atoms with van der Waals surface area (Å²) in [6.07, 6.45) is 2.54. The lowest BCUT2D eigenvalue weighted by atomic mass is 9.76. The minimum Gasteiger partial charge on any atom is -0.317 e. The molecule has 0 aromatic heterocycles. The first-order chi connectivity index (χ1) is 9.84. The molecule has 2 aromatic carbocycles. The zero-order valence-corrected chi connectivity index (χ0v) is 12.2. The first-order valence-electron chi connectivity index (χ1n) is 7.67. The number of hydrogen-bond donors (Lipinski definition) is 1. The van der Waals surface area contributed by atoms with Crippen molar-refractivity contribution in [3.8, 4) is 0 Å². The first-order valence-corrected chi connectivity index (χ1v) is 7.67. The molecule has 1 fully saturated rings. The van der Waals surface area contributed by atoms with Gasteiger partial charge < -0.3 is 5.32 Å². The molecule has 1 heterocycles. The second-order valence-corrected chi connectivity index (χ2v) is 5.89. The molecule has 1 saturated heterocycles. The summed E-state index contributed by atoms with van der Waals surface area (Å²) in [5.41, 5.74) is 4.30. The smallest absolute Gasteiger partial charge is 0.0119 e. The fourth-order valence-corrected chi connectivity index (χ4v) is 3.44. The Bertz CT molecular complexity index is 541. The molecular formula is C19H23N. The van der Waals surface area contributed by atoms with E-state index in [9.17, 15) is 0 Å². The third kappa shape index (κ3) is 2.94. The summed E-state index contributed by atoms with van der Waals surface area (Å²) < 4.78 is 0. The number of aryl methyl sites for hydroxylation is 1. The van der Waals surface area contributed by atoms with Crippen LogP contribution in [0.2, 0.25) is 0 Å². The van der Waals surface area contributed by atoms with Crippen LogP contribution in [0.4, 0.5) is 0 Å². The van der Waals surface area contributed by atoms with Gasteiger partial charge in [-0.3, -0.25) is 0 Å². The summed E-state index contributed by atoms with van der Waals surface area (Å²) >= 11 is 0. The summed E-state index contributed by atoms with van der Waals surface area (Å²) in [7, 11) is 0. The SMILES string of the molecule is Cc1cccc([C@@H](c2ccccc2)C2CCNCC2)c1. The van der Waals surface area contributed by atoms with Crippen molar-refractivity contribution in [1.82, 2.24) is 5.32 Å². The maximum Gasteiger partial charge on any atom is 0.0119 e. The summed E-state index contributed by atoms with van der Waals surface area (Å²) in [6, 6.07) is 20.1. The van der Waals surface area contributed by atoms with Gasteiger partial charge in [0.25, 0.3) is 0 Å². The van der Waals surface area contributed by atoms with Crippen molar-refractivity contribution in [2.45, 2.75) is 25.7 Å². The second kappa shape index (κ2) is 6.23. The van der Waals surface area contributed by atoms with Crippen LogP contribution in [0.1, 0.15) is 35.4 Å². The van der Waals surface area contributed by atoms with Crippen LogP contribution < -0.4 is 5.32 Å². The van der Waals surface area contributed by atoms with Crippen LogP contribution in [0.15, 0.2) is 54.6 Å². The summed E-state index contributed by atoms with van der Waals surface area (Å²) in [5.74, 6) is 1.29. The monoisotopic (exact) mass is 265 g/mol. The summed E-state index contributed by atoms with van der Waals surface area (Å²) in [4.78, 5) is 0. The number of rotatable bonds is 3. The molecule has 1 aliphatic heterocycles. The molecule has 1 atom stereocenters. The molecule has 1 aliphatic rings. The normalized spacial score (nSPS) is 17.9. The largest absolute Gasteiger partial charge is 0.317 e. The van der Waals surface area contributed by atoms with Crippen LogP contribution in [-0.2, 0) is 0 Å². The fraction of sp³-hybridized carbons (Fsp3) is 0.368. The van der Waals surface area contributed by atoms with Crippen molar-refractivity contribution < 1.29 is 0 Å². The van der Waals surface area contributed by atoms with Crippen LogP contribution >= 0.6 is 0 Å². The summed E-state index contributed by atoms with van der Waals surface area (Å²) in [5, 5.41) is 3.48. The average molecular weight is 265 g/mol. The van der Waals surface area contributed by atoms with Gasteiger partial charge in [0.2, 0.25) is 0 Å². The number of piperidine rings is 1. The van der Waals surface area contributed by atoms with E-state index in [1.165, 1.54) is 29.5 Å². The Kier molecular flexibility index (Phi) is 4.17. The van der Waals surface area contributed by atoms with Crippen molar-refractivity contribution in [2.24, 2.45) is 5.92 Å². The van der Waals surface area contributed by atoms with Crippen molar-refractivity contribution in [3.05, 3.63) is 71.3 Å². The van der Waals surface area contributed by atoms with Crippen LogP contribution in [-0.4, -0.2) is 13.1 Å². The predicted octanol–water partition coefficient (Wildman–Crippen LogP) is 4.13. The standard InChI is InChI=1S/C19H23N/c1-15-6-5-9-18(14-15)19(16-7-3-2-4-8-16)17-10-12-20-13-11-17/h2-9,14,17,19-20H,10-13H2,1H3/t19-/m0/s1. The van der Waals surface area contributed by atoms with Crippen molar-refractivity contribution in [1.29, 1.82) is 0 Å². The van der Waals surface area contributed by atoms with E-state index in [2.05, 4.69) is 66.8 Å². The van der Waals surface area contributed by atoms with E-state index in [0.29, 0.717) is 5.92 Å². The van der Waals surface area contributed by atoms with Gasteiger partial charge in [-0.1, -0.05) is 60.2 Å². The van der Waals surface area contributed by atoms with Gasteiger partial charge in [-0.05, 0) is 49.9 Å². The van der Waals surface area contributed by atoms with Crippen LogP contribution in [0.25, 0.3) is 0 Å². The Morgan fingerprint density at radius 1 is 0.900 bits per heavy atom. The van der Waals surface area contributed by atoms with Crippen LogP contribution in [0.5, 0.6) is 0 Å². The van der Waals surface area contributed by atoms with Crippen LogP contribution in [0, 0.1) is 12.8 Å². The van der Waals surface area contributed by atoms with Gasteiger partial charge in [0.05, 0.1) is 0 Å². The zero-order chi connectivity index (χ0) is 13.8. The second-order valence-electron chi connectivity index (χ2n) is 5.89. The third-order valence-electron chi connectivity index (χ3n) is 4.42. The van der Waals surface area contributed by atoms with E-state index in [0.717, 1.165) is 19.0 Å². The molecule has 104 valence electrons. The number of hydrogen-bond acceptors (Lipinski definition) is 1. The highest BCUT2D eigenvalue weighted by atomic mass is 14.9. The Labute approximate surface area is 122 Å². The van der Waals surface area contributed by atoms with Gasteiger partial charge >= 0.3 is 0 Å². The highest BCUT2D eigenvalue weighted by Gasteiger charge is 2.26. The Balaban J connectivity index is 1.98. The molecule has 1 heteroatoms. The average Bonchev–Trinajstić information content (AvgIpc) is 2.50. The highest BCUT2D eigenvalue weighted by Crippen LogP contribution is 2.36. The molecule has 2 aromatic rings. The van der Waals surface area contributed by atoms with Crippen LogP contribution in [0.3, 0.4) is 0 Å². The summed E-state index contributed by atoms with van der Waals surface area (Å²) in [6.45, 7) is 4.49. The maximum absolute atomic E-state index is 3.48. The molecule has 0 amide bonds. The van der Waals surface area contributed by atoms with Gasteiger partial charge in [0.15, 0.2) is 0 Å². The minimum absolute atomic E-state index is 0.540. The highest BCUT2D eigenvalue weighted by molar-refractivity contribution is 5.35. The van der Waals surface area contributed by atoms with E-state index in [1.54, 1.807) is 0 Å². The number of benzene rings is 2. The predicted molar refractivity (Wildman–Crippen MR) is 85.1 cm³/mol. The molecule has 0 radical (unpaired) electrons. The Morgan fingerprint density at radius 2 is 1.60 bits per heavy atom. The van der Waals surface area contributed by atoms with E-state index < -0.39 is 0 Å². The number of nitrogens with one attached hydrogen (secondary N) is 1. The van der Waals surface area contributed by atoms with E-state index in [4.69, 9.17) is 0 Å². The Morgan fingerprint density at radius 3 is 2.30 bits per heavy atom. The van der Waals surface area contributed by atoms with Crippen molar-refractivity contribution in [3.63, 3.8) is 0 Å². The van der Waals surface area contributed by atoms with Gasteiger partial charge in [-0.25, -0.2) is 0 Å². The molecular weight excluding hydrogens is 242 g/mol.